The molecule has 118 valence electrons. The van der Waals surface area contributed by atoms with E-state index >= 15 is 0 Å². The van der Waals surface area contributed by atoms with Crippen molar-refractivity contribution in [3.05, 3.63) is 71.8 Å². The van der Waals surface area contributed by atoms with Gasteiger partial charge in [0, 0.05) is 12.2 Å². The second-order valence-electron chi connectivity index (χ2n) is 4.36. The highest BCUT2D eigenvalue weighted by atomic mass is 16.4. The van der Waals surface area contributed by atoms with Crippen LogP contribution in [0.2, 0.25) is 0 Å². The summed E-state index contributed by atoms with van der Waals surface area (Å²) in [7, 11) is 0. The summed E-state index contributed by atoms with van der Waals surface area (Å²) >= 11 is 0. The summed E-state index contributed by atoms with van der Waals surface area (Å²) in [6.45, 7) is 0. The smallest absolute Gasteiger partial charge is 0.328 e. The number of allylic oxidation sites excluding steroid dienone is 6. The van der Waals surface area contributed by atoms with Crippen LogP contribution in [0, 0.1) is 22.7 Å². The maximum absolute atomic E-state index is 10.4. The standard InChI is InChI=1S/C18H12N2O4/c19-11-15(3-1-5-17(21)22)13-7-9-14(10-8-13)16(12-20)4-2-6-18(23)24/h1-10H,(H,21,22)(H,23,24). The first-order chi connectivity index (χ1) is 11.5. The minimum atomic E-state index is -1.11. The maximum atomic E-state index is 10.4. The van der Waals surface area contributed by atoms with Gasteiger partial charge in [-0.15, -0.1) is 0 Å². The predicted molar refractivity (Wildman–Crippen MR) is 87.2 cm³/mol. The molecule has 0 aliphatic heterocycles. The van der Waals surface area contributed by atoms with Crippen molar-refractivity contribution in [2.75, 3.05) is 0 Å². The molecule has 2 N–H and O–H groups in total. The van der Waals surface area contributed by atoms with Gasteiger partial charge >= 0.3 is 11.9 Å². The third-order valence-corrected chi connectivity index (χ3v) is 2.75. The van der Waals surface area contributed by atoms with E-state index in [1.807, 2.05) is 12.1 Å². The molecule has 6 nitrogen and oxygen atoms in total. The van der Waals surface area contributed by atoms with Crippen LogP contribution in [-0.2, 0) is 9.59 Å². The average Bonchev–Trinajstić information content (AvgIpc) is 2.55. The number of rotatable bonds is 6. The molecule has 0 saturated heterocycles. The lowest BCUT2D eigenvalue weighted by Gasteiger charge is -2.01. The van der Waals surface area contributed by atoms with Crippen LogP contribution >= 0.6 is 0 Å². The highest BCUT2D eigenvalue weighted by Crippen LogP contribution is 2.19. The van der Waals surface area contributed by atoms with Crippen molar-refractivity contribution in [2.24, 2.45) is 0 Å². The van der Waals surface area contributed by atoms with Crippen molar-refractivity contribution in [1.82, 2.24) is 0 Å². The van der Waals surface area contributed by atoms with Crippen LogP contribution in [0.1, 0.15) is 11.1 Å². The molecule has 0 aliphatic carbocycles. The lowest BCUT2D eigenvalue weighted by atomic mass is 10.0. The summed E-state index contributed by atoms with van der Waals surface area (Å²) in [5, 5.41) is 35.3. The molecule has 1 aromatic carbocycles. The molecule has 0 saturated carbocycles. The zero-order valence-electron chi connectivity index (χ0n) is 12.4. The minimum Gasteiger partial charge on any atom is -0.478 e. The van der Waals surface area contributed by atoms with E-state index in [4.69, 9.17) is 20.7 Å². The van der Waals surface area contributed by atoms with Crippen molar-refractivity contribution in [2.45, 2.75) is 0 Å². The van der Waals surface area contributed by atoms with E-state index in [0.29, 0.717) is 11.1 Å². The SMILES string of the molecule is N#CC(=CC=CC(=O)O)c1ccc(C(C#N)=CC=CC(=O)O)cc1. The van der Waals surface area contributed by atoms with Crippen molar-refractivity contribution >= 4 is 23.1 Å². The Balaban J connectivity index is 3.07. The lowest BCUT2D eigenvalue weighted by Crippen LogP contribution is -1.87. The Kier molecular flexibility index (Phi) is 6.95. The van der Waals surface area contributed by atoms with Crippen LogP contribution in [0.4, 0.5) is 0 Å². The number of carboxylic acids is 2. The fourth-order valence-electron chi connectivity index (χ4n) is 1.68. The van der Waals surface area contributed by atoms with E-state index in [0.717, 1.165) is 12.2 Å². The monoisotopic (exact) mass is 320 g/mol. The Morgan fingerprint density at radius 3 is 1.38 bits per heavy atom. The van der Waals surface area contributed by atoms with Crippen molar-refractivity contribution in [3.63, 3.8) is 0 Å². The van der Waals surface area contributed by atoms with Crippen LogP contribution in [0.5, 0.6) is 0 Å². The topological polar surface area (TPSA) is 122 Å². The molecule has 0 heterocycles. The molecule has 0 radical (unpaired) electrons. The predicted octanol–water partition coefficient (Wildman–Crippen LogP) is 2.78. The quantitative estimate of drug-likeness (QED) is 0.472. The molecule has 1 aromatic rings. The Morgan fingerprint density at radius 1 is 0.792 bits per heavy atom. The summed E-state index contributed by atoms with van der Waals surface area (Å²) in [5.74, 6) is -2.23. The van der Waals surface area contributed by atoms with Crippen molar-refractivity contribution in [1.29, 1.82) is 10.5 Å². The highest BCUT2D eigenvalue weighted by molar-refractivity contribution is 5.85. The number of hydrogen-bond donors (Lipinski definition) is 2. The second-order valence-corrected chi connectivity index (χ2v) is 4.36. The molecule has 0 aromatic heterocycles. The number of nitrogens with zero attached hydrogens (tertiary/aromatic N) is 2. The first-order valence-electron chi connectivity index (χ1n) is 6.61. The summed E-state index contributed by atoms with van der Waals surface area (Å²) in [4.78, 5) is 20.8. The Hall–Kier alpha value is -3.90. The molecule has 0 spiro atoms. The molecular weight excluding hydrogens is 308 g/mol. The number of carboxylic acid groups (broad SMARTS) is 2. The first kappa shape index (κ1) is 18.1. The molecule has 1 rings (SSSR count). The van der Waals surface area contributed by atoms with E-state index in [9.17, 15) is 9.59 Å². The van der Waals surface area contributed by atoms with Gasteiger partial charge in [-0.25, -0.2) is 9.59 Å². The van der Waals surface area contributed by atoms with Crippen LogP contribution in [0.15, 0.2) is 60.7 Å². The number of aliphatic carboxylic acids is 2. The third-order valence-electron chi connectivity index (χ3n) is 2.75. The molecule has 0 bridgehead atoms. The van der Waals surface area contributed by atoms with Crippen LogP contribution in [-0.4, -0.2) is 22.2 Å². The van der Waals surface area contributed by atoms with Crippen LogP contribution in [0.3, 0.4) is 0 Å². The van der Waals surface area contributed by atoms with Gasteiger partial charge in [0.15, 0.2) is 0 Å². The molecule has 24 heavy (non-hydrogen) atoms. The van der Waals surface area contributed by atoms with Gasteiger partial charge in [-0.2, -0.15) is 10.5 Å². The van der Waals surface area contributed by atoms with Crippen LogP contribution in [0.25, 0.3) is 11.1 Å². The maximum Gasteiger partial charge on any atom is 0.328 e. The molecular formula is C18H12N2O4. The zero-order valence-corrected chi connectivity index (χ0v) is 12.4. The largest absolute Gasteiger partial charge is 0.478 e. The van der Waals surface area contributed by atoms with E-state index in [-0.39, 0.29) is 11.1 Å². The van der Waals surface area contributed by atoms with Gasteiger partial charge < -0.3 is 10.2 Å². The van der Waals surface area contributed by atoms with Gasteiger partial charge in [-0.1, -0.05) is 36.4 Å². The van der Waals surface area contributed by atoms with Gasteiger partial charge in [0.1, 0.15) is 0 Å². The number of benzene rings is 1. The van der Waals surface area contributed by atoms with E-state index in [1.54, 1.807) is 24.3 Å². The normalized spacial score (nSPS) is 12.1. The van der Waals surface area contributed by atoms with Gasteiger partial charge in [0.05, 0.1) is 23.3 Å². The number of hydrogen-bond acceptors (Lipinski definition) is 4. The summed E-state index contributed by atoms with van der Waals surface area (Å²) in [6.07, 6.45) is 7.09. The summed E-state index contributed by atoms with van der Waals surface area (Å²) < 4.78 is 0. The van der Waals surface area contributed by atoms with Gasteiger partial charge in [-0.3, -0.25) is 0 Å². The third kappa shape index (κ3) is 5.84. The van der Waals surface area contributed by atoms with Gasteiger partial charge in [0.2, 0.25) is 0 Å². The Labute approximate surface area is 138 Å². The molecule has 0 atom stereocenters. The fourth-order valence-corrected chi connectivity index (χ4v) is 1.68. The average molecular weight is 320 g/mol. The molecule has 0 aliphatic rings. The minimum absolute atomic E-state index is 0.271. The molecule has 0 fully saturated rings. The van der Waals surface area contributed by atoms with Crippen LogP contribution < -0.4 is 0 Å². The number of nitriles is 2. The zero-order chi connectivity index (χ0) is 17.9. The molecule has 0 amide bonds. The molecule has 0 unspecified atom stereocenters. The van der Waals surface area contributed by atoms with E-state index < -0.39 is 11.9 Å². The molecule has 6 heteroatoms. The van der Waals surface area contributed by atoms with E-state index in [1.165, 1.54) is 24.3 Å². The van der Waals surface area contributed by atoms with Crippen molar-refractivity contribution in [3.8, 4) is 12.1 Å². The lowest BCUT2D eigenvalue weighted by molar-refractivity contribution is -0.132. The number of carbonyl (C=O) groups is 2. The van der Waals surface area contributed by atoms with Crippen molar-refractivity contribution < 1.29 is 19.8 Å². The summed E-state index contributed by atoms with van der Waals surface area (Å²) in [5.41, 5.74) is 1.67. The Bertz CT molecular complexity index is 758. The highest BCUT2D eigenvalue weighted by Gasteiger charge is 2.03. The van der Waals surface area contributed by atoms with Gasteiger partial charge in [0.25, 0.3) is 0 Å². The second kappa shape index (κ2) is 9.19. The fraction of sp³-hybridized carbons (Fsp3) is 0. The Morgan fingerprint density at radius 2 is 1.12 bits per heavy atom. The summed E-state index contributed by atoms with van der Waals surface area (Å²) in [6, 6.07) is 10.4. The van der Waals surface area contributed by atoms with E-state index in [2.05, 4.69) is 0 Å². The van der Waals surface area contributed by atoms with Gasteiger partial charge in [-0.05, 0) is 23.3 Å². The first-order valence-corrected chi connectivity index (χ1v) is 6.61.